The van der Waals surface area contributed by atoms with Gasteiger partial charge in [0.15, 0.2) is 0 Å². The van der Waals surface area contributed by atoms with Crippen LogP contribution in [0.25, 0.3) is 0 Å². The molecular formula is C14H20N6O2. The molecule has 0 aromatic carbocycles. The fourth-order valence-electron chi connectivity index (χ4n) is 2.75. The highest BCUT2D eigenvalue weighted by Crippen LogP contribution is 2.17. The molecule has 0 unspecified atom stereocenters. The van der Waals surface area contributed by atoms with Gasteiger partial charge in [-0.25, -0.2) is 4.98 Å². The molecule has 2 amide bonds. The van der Waals surface area contributed by atoms with Crippen LogP contribution in [0.2, 0.25) is 0 Å². The van der Waals surface area contributed by atoms with Gasteiger partial charge in [-0.3, -0.25) is 9.59 Å². The zero-order valence-electron chi connectivity index (χ0n) is 12.5. The quantitative estimate of drug-likeness (QED) is 0.667. The topological polar surface area (TPSA) is 72.9 Å². The Morgan fingerprint density at radius 2 is 1.36 bits per heavy atom. The van der Waals surface area contributed by atoms with E-state index in [2.05, 4.69) is 19.8 Å². The standard InChI is InChI=1S/C14H20N6O2/c21-11-17-3-7-19(8-4-17)13-1-2-15-14(16-13)20-9-5-18(12-22)6-10-20/h1-2,11-12H,3-10H2. The van der Waals surface area contributed by atoms with E-state index in [9.17, 15) is 9.59 Å². The summed E-state index contributed by atoms with van der Waals surface area (Å²) in [5.74, 6) is 1.61. The zero-order chi connectivity index (χ0) is 15.4. The van der Waals surface area contributed by atoms with Crippen molar-refractivity contribution in [3.8, 4) is 0 Å². The van der Waals surface area contributed by atoms with Crippen molar-refractivity contribution in [3.63, 3.8) is 0 Å². The summed E-state index contributed by atoms with van der Waals surface area (Å²) in [5.41, 5.74) is 0. The first-order chi connectivity index (χ1) is 10.8. The molecule has 0 radical (unpaired) electrons. The van der Waals surface area contributed by atoms with E-state index in [4.69, 9.17) is 0 Å². The second-order valence-electron chi connectivity index (χ2n) is 5.47. The maximum absolute atomic E-state index is 10.8. The summed E-state index contributed by atoms with van der Waals surface area (Å²) >= 11 is 0. The minimum absolute atomic E-state index is 0.703. The van der Waals surface area contributed by atoms with Gasteiger partial charge in [0, 0.05) is 58.6 Å². The van der Waals surface area contributed by atoms with Gasteiger partial charge in [0.05, 0.1) is 0 Å². The molecule has 2 aliphatic rings. The first-order valence-corrected chi connectivity index (χ1v) is 7.52. The van der Waals surface area contributed by atoms with Gasteiger partial charge >= 0.3 is 0 Å². The van der Waals surface area contributed by atoms with E-state index in [1.165, 1.54) is 0 Å². The van der Waals surface area contributed by atoms with Crippen LogP contribution in [0.5, 0.6) is 0 Å². The molecule has 0 saturated carbocycles. The summed E-state index contributed by atoms with van der Waals surface area (Å²) in [6.07, 6.45) is 3.56. The first-order valence-electron chi connectivity index (χ1n) is 7.52. The smallest absolute Gasteiger partial charge is 0.227 e. The molecule has 22 heavy (non-hydrogen) atoms. The van der Waals surface area contributed by atoms with Crippen molar-refractivity contribution in [1.29, 1.82) is 0 Å². The van der Waals surface area contributed by atoms with Crippen LogP contribution in [0.3, 0.4) is 0 Å². The van der Waals surface area contributed by atoms with Crippen molar-refractivity contribution in [2.24, 2.45) is 0 Å². The van der Waals surface area contributed by atoms with E-state index in [1.54, 1.807) is 16.0 Å². The number of anilines is 2. The summed E-state index contributed by atoms with van der Waals surface area (Å²) in [6, 6.07) is 1.90. The molecule has 1 aromatic rings. The summed E-state index contributed by atoms with van der Waals surface area (Å²) in [6.45, 7) is 5.93. The predicted octanol–water partition coefficient (Wildman–Crippen LogP) is -0.967. The maximum Gasteiger partial charge on any atom is 0.227 e. The Bertz CT molecular complexity index is 481. The highest BCUT2D eigenvalue weighted by atomic mass is 16.1. The second kappa shape index (κ2) is 6.59. The van der Waals surface area contributed by atoms with Gasteiger partial charge in [-0.05, 0) is 6.07 Å². The third kappa shape index (κ3) is 3.10. The molecule has 2 aliphatic heterocycles. The molecule has 118 valence electrons. The molecule has 3 heterocycles. The van der Waals surface area contributed by atoms with Crippen molar-refractivity contribution in [3.05, 3.63) is 12.3 Å². The number of rotatable bonds is 4. The van der Waals surface area contributed by atoms with Gasteiger partial charge in [0.2, 0.25) is 18.8 Å². The number of hydrogen-bond donors (Lipinski definition) is 0. The van der Waals surface area contributed by atoms with Crippen molar-refractivity contribution in [2.75, 3.05) is 62.2 Å². The van der Waals surface area contributed by atoms with Crippen LogP contribution in [0, 0.1) is 0 Å². The molecule has 8 heteroatoms. The van der Waals surface area contributed by atoms with Crippen molar-refractivity contribution in [1.82, 2.24) is 19.8 Å². The fraction of sp³-hybridized carbons (Fsp3) is 0.571. The molecule has 0 spiro atoms. The molecule has 0 bridgehead atoms. The van der Waals surface area contributed by atoms with Crippen LogP contribution in [-0.2, 0) is 9.59 Å². The summed E-state index contributed by atoms with van der Waals surface area (Å²) in [5, 5.41) is 0. The lowest BCUT2D eigenvalue weighted by atomic mass is 10.3. The van der Waals surface area contributed by atoms with Gasteiger partial charge in [0.1, 0.15) is 5.82 Å². The average Bonchev–Trinajstić information content (AvgIpc) is 2.62. The zero-order valence-corrected chi connectivity index (χ0v) is 12.5. The van der Waals surface area contributed by atoms with Crippen LogP contribution in [0.15, 0.2) is 12.3 Å². The third-order valence-corrected chi connectivity index (χ3v) is 4.16. The molecule has 8 nitrogen and oxygen atoms in total. The Morgan fingerprint density at radius 3 is 1.91 bits per heavy atom. The van der Waals surface area contributed by atoms with E-state index in [1.807, 2.05) is 6.07 Å². The SMILES string of the molecule is O=CN1CCN(c2ccnc(N3CCN(C=O)CC3)n2)CC1. The predicted molar refractivity (Wildman–Crippen MR) is 81.7 cm³/mol. The Labute approximate surface area is 129 Å². The molecule has 0 N–H and O–H groups in total. The van der Waals surface area contributed by atoms with Crippen molar-refractivity contribution in [2.45, 2.75) is 0 Å². The minimum atomic E-state index is 0.703. The van der Waals surface area contributed by atoms with Crippen LogP contribution < -0.4 is 9.80 Å². The number of piperazine rings is 2. The molecule has 1 aromatic heterocycles. The monoisotopic (exact) mass is 304 g/mol. The van der Waals surface area contributed by atoms with Gasteiger partial charge < -0.3 is 19.6 Å². The van der Waals surface area contributed by atoms with E-state index >= 15 is 0 Å². The molecule has 3 rings (SSSR count). The highest BCUT2D eigenvalue weighted by Gasteiger charge is 2.20. The number of nitrogens with zero attached hydrogens (tertiary/aromatic N) is 6. The molecule has 2 fully saturated rings. The molecule has 2 saturated heterocycles. The van der Waals surface area contributed by atoms with E-state index < -0.39 is 0 Å². The number of amides is 2. The first kappa shape index (κ1) is 14.6. The lowest BCUT2D eigenvalue weighted by Crippen LogP contribution is -2.47. The molecular weight excluding hydrogens is 284 g/mol. The minimum Gasteiger partial charge on any atom is -0.353 e. The number of carbonyl (C=O) groups excluding carboxylic acids is 2. The van der Waals surface area contributed by atoms with Crippen LogP contribution >= 0.6 is 0 Å². The van der Waals surface area contributed by atoms with Crippen molar-refractivity contribution < 1.29 is 9.59 Å². The van der Waals surface area contributed by atoms with Gasteiger partial charge in [0.25, 0.3) is 0 Å². The Kier molecular flexibility index (Phi) is 4.36. The Morgan fingerprint density at radius 1 is 0.818 bits per heavy atom. The highest BCUT2D eigenvalue weighted by molar-refractivity contribution is 5.50. The second-order valence-corrected chi connectivity index (χ2v) is 5.47. The summed E-state index contributed by atoms with van der Waals surface area (Å²) < 4.78 is 0. The lowest BCUT2D eigenvalue weighted by molar-refractivity contribution is -0.119. The average molecular weight is 304 g/mol. The van der Waals surface area contributed by atoms with Crippen LogP contribution in [-0.4, -0.2) is 84.9 Å². The Hall–Kier alpha value is -2.38. The summed E-state index contributed by atoms with van der Waals surface area (Å²) in [4.78, 5) is 38.3. The molecule has 0 atom stereocenters. The molecule has 0 aliphatic carbocycles. The van der Waals surface area contributed by atoms with Gasteiger partial charge in [-0.1, -0.05) is 0 Å². The van der Waals surface area contributed by atoms with Crippen molar-refractivity contribution >= 4 is 24.6 Å². The van der Waals surface area contributed by atoms with Crippen LogP contribution in [0.1, 0.15) is 0 Å². The lowest BCUT2D eigenvalue weighted by Gasteiger charge is -2.35. The van der Waals surface area contributed by atoms with E-state index in [0.717, 1.165) is 57.9 Å². The van der Waals surface area contributed by atoms with E-state index in [-0.39, 0.29) is 0 Å². The third-order valence-electron chi connectivity index (χ3n) is 4.16. The number of hydrogen-bond acceptors (Lipinski definition) is 6. The van der Waals surface area contributed by atoms with Gasteiger partial charge in [-0.15, -0.1) is 0 Å². The summed E-state index contributed by atoms with van der Waals surface area (Å²) in [7, 11) is 0. The Balaban J connectivity index is 1.65. The largest absolute Gasteiger partial charge is 0.353 e. The van der Waals surface area contributed by atoms with E-state index in [0.29, 0.717) is 19.0 Å². The van der Waals surface area contributed by atoms with Gasteiger partial charge in [-0.2, -0.15) is 4.98 Å². The maximum atomic E-state index is 10.8. The number of carbonyl (C=O) groups is 2. The fourth-order valence-corrected chi connectivity index (χ4v) is 2.75. The number of aromatic nitrogens is 2. The van der Waals surface area contributed by atoms with Crippen LogP contribution in [0.4, 0.5) is 11.8 Å². The normalized spacial score (nSPS) is 19.3.